The molecule has 3 saturated heterocycles. The maximum atomic E-state index is 14.8. The molecule has 3 fully saturated rings. The molecular formula is C32H39Br2N5O5. The number of ether oxygens (including phenoxy) is 1. The van der Waals surface area contributed by atoms with Crippen molar-refractivity contribution < 1.29 is 22.9 Å². The van der Waals surface area contributed by atoms with Crippen LogP contribution in [-0.2, 0) is 29.4 Å². The molecule has 1 aromatic carbocycles. The Labute approximate surface area is 274 Å². The van der Waals surface area contributed by atoms with Gasteiger partial charge in [0.25, 0.3) is 11.8 Å². The number of piperazine rings is 1. The number of nitrogens with zero attached hydrogens (tertiary/aromatic N) is 4. The van der Waals surface area contributed by atoms with Crippen LogP contribution >= 0.6 is 32.4 Å². The Kier molecular flexibility index (Phi) is 7.36. The summed E-state index contributed by atoms with van der Waals surface area (Å²) in [5, 5.41) is 1.20. The summed E-state index contributed by atoms with van der Waals surface area (Å²) in [6.07, 6.45) is 6.87. The fourth-order valence-corrected chi connectivity index (χ4v) is 9.65. The summed E-state index contributed by atoms with van der Waals surface area (Å²) >= 11 is 6.82. The Morgan fingerprint density at radius 3 is 2.73 bits per heavy atom. The molecule has 2 aromatic rings. The van der Waals surface area contributed by atoms with Crippen LogP contribution < -0.4 is 0 Å². The number of benzene rings is 1. The summed E-state index contributed by atoms with van der Waals surface area (Å²) in [6, 6.07) is 5.12. The van der Waals surface area contributed by atoms with E-state index in [1.165, 1.54) is 19.8 Å². The zero-order valence-electron chi connectivity index (χ0n) is 25.7. The smallest absolute Gasteiger partial charge is 0.289 e. The topological polar surface area (TPSA) is 98.4 Å². The maximum absolute atomic E-state index is 14.8. The number of halogens is 2. The molecule has 6 atom stereocenters. The van der Waals surface area contributed by atoms with Gasteiger partial charge in [-0.3, -0.25) is 32.7 Å². The average Bonchev–Trinajstić information content (AvgIpc) is 3.72. The van der Waals surface area contributed by atoms with E-state index < -0.39 is 41.5 Å². The van der Waals surface area contributed by atoms with E-state index in [1.807, 2.05) is 33.8 Å². The number of carbonyl (C=O) groups is 3. The molecule has 5 aliphatic rings. The number of H-pyrrole nitrogens is 1. The van der Waals surface area contributed by atoms with Crippen molar-refractivity contribution in [2.75, 3.05) is 20.1 Å². The highest BCUT2D eigenvalue weighted by molar-refractivity contribution is 9.07. The molecule has 44 heavy (non-hydrogen) atoms. The van der Waals surface area contributed by atoms with Crippen molar-refractivity contribution in [3.8, 4) is 0 Å². The number of carbonyl (C=O) groups excluding carboxylic acids is 3. The third-order valence-corrected chi connectivity index (χ3v) is 11.7. The molecule has 10 nitrogen and oxygen atoms in total. The number of rotatable bonds is 6. The van der Waals surface area contributed by atoms with E-state index in [4.69, 9.17) is 8.57 Å². The lowest BCUT2D eigenvalue weighted by Gasteiger charge is -2.50. The first-order valence-electron chi connectivity index (χ1n) is 15.6. The second-order valence-electron chi connectivity index (χ2n) is 13.7. The minimum absolute atomic E-state index is 0.0920. The van der Waals surface area contributed by atoms with Crippen molar-refractivity contribution in [2.45, 2.75) is 83.1 Å². The molecule has 0 radical (unpaired) electrons. The number of aromatic nitrogens is 1. The van der Waals surface area contributed by atoms with Crippen LogP contribution in [0, 0.1) is 17.8 Å². The quantitative estimate of drug-likeness (QED) is 0.430. The van der Waals surface area contributed by atoms with Gasteiger partial charge in [-0.2, -0.15) is 0 Å². The third kappa shape index (κ3) is 4.03. The van der Waals surface area contributed by atoms with Crippen molar-refractivity contribution >= 4 is 66.6 Å². The molecule has 1 aromatic heterocycles. The molecule has 7 rings (SSSR count). The van der Waals surface area contributed by atoms with Gasteiger partial charge in [0.15, 0.2) is 0 Å². The number of likely N-dealkylation sites (N-methyl/N-ethyl adjacent to an activating group) is 1. The summed E-state index contributed by atoms with van der Waals surface area (Å²) in [4.78, 5) is 52.1. The van der Waals surface area contributed by atoms with Gasteiger partial charge in [0.05, 0.1) is 22.1 Å². The van der Waals surface area contributed by atoms with Crippen molar-refractivity contribution in [3.63, 3.8) is 0 Å². The third-order valence-electron chi connectivity index (χ3n) is 10.4. The number of nitrogens with one attached hydrogen (secondary N) is 1. The molecule has 0 bridgehead atoms. The number of aromatic amines is 1. The summed E-state index contributed by atoms with van der Waals surface area (Å²) in [5.74, 6) is -3.27. The first kappa shape index (κ1) is 30.4. The SMILES string of the molecule is CC(C)CC1C(=O)N2CCCC2C2(OBr)OC(C(C)C)(N(Br)C(=O)C3C=C4c5cccc6[nH]cc(c56)CC4N(C)C3)C(=O)N12. The molecule has 1 N–H and O–H groups in total. The van der Waals surface area contributed by atoms with Crippen LogP contribution in [0.15, 0.2) is 30.5 Å². The Morgan fingerprint density at radius 2 is 2.02 bits per heavy atom. The molecule has 236 valence electrons. The highest BCUT2D eigenvalue weighted by Gasteiger charge is 2.75. The van der Waals surface area contributed by atoms with Gasteiger partial charge in [-0.15, -0.1) is 0 Å². The Hall–Kier alpha value is -2.25. The fourth-order valence-electron chi connectivity index (χ4n) is 8.32. The van der Waals surface area contributed by atoms with Crippen molar-refractivity contribution in [1.82, 2.24) is 23.6 Å². The molecule has 1 aliphatic carbocycles. The summed E-state index contributed by atoms with van der Waals surface area (Å²) < 4.78 is 14.2. The van der Waals surface area contributed by atoms with Gasteiger partial charge in [0.2, 0.25) is 17.5 Å². The predicted molar refractivity (Wildman–Crippen MR) is 172 cm³/mol. The lowest BCUT2D eigenvalue weighted by Crippen LogP contribution is -2.71. The van der Waals surface area contributed by atoms with Gasteiger partial charge in [-0.25, -0.2) is 3.93 Å². The van der Waals surface area contributed by atoms with Gasteiger partial charge in [0, 0.05) is 42.1 Å². The molecular weight excluding hydrogens is 694 g/mol. The van der Waals surface area contributed by atoms with E-state index in [2.05, 4.69) is 73.7 Å². The number of fused-ring (bicyclic) bond motifs is 5. The van der Waals surface area contributed by atoms with E-state index in [9.17, 15) is 14.4 Å². The molecule has 4 aliphatic heterocycles. The van der Waals surface area contributed by atoms with Crippen LogP contribution in [0.25, 0.3) is 16.5 Å². The van der Waals surface area contributed by atoms with Crippen molar-refractivity contribution in [2.24, 2.45) is 17.8 Å². The number of hydrogen-bond donors (Lipinski definition) is 1. The lowest BCUT2D eigenvalue weighted by molar-refractivity contribution is -0.306. The molecule has 6 unspecified atom stereocenters. The van der Waals surface area contributed by atoms with Crippen LogP contribution in [0.5, 0.6) is 0 Å². The molecule has 3 amide bonds. The Morgan fingerprint density at radius 1 is 1.25 bits per heavy atom. The molecule has 0 saturated carbocycles. The second-order valence-corrected chi connectivity index (χ2v) is 14.8. The van der Waals surface area contributed by atoms with Gasteiger partial charge < -0.3 is 9.88 Å². The number of hydrogen-bond acceptors (Lipinski definition) is 6. The van der Waals surface area contributed by atoms with Crippen LogP contribution in [0.3, 0.4) is 0 Å². The zero-order chi connectivity index (χ0) is 31.3. The van der Waals surface area contributed by atoms with Crippen molar-refractivity contribution in [1.29, 1.82) is 0 Å². The van der Waals surface area contributed by atoms with E-state index in [0.717, 1.165) is 29.5 Å². The van der Waals surface area contributed by atoms with Crippen LogP contribution in [0.4, 0.5) is 0 Å². The van der Waals surface area contributed by atoms with E-state index >= 15 is 0 Å². The maximum Gasteiger partial charge on any atom is 0.289 e. The van der Waals surface area contributed by atoms with Crippen molar-refractivity contribution in [3.05, 3.63) is 41.6 Å². The van der Waals surface area contributed by atoms with Gasteiger partial charge in [0.1, 0.15) is 28.3 Å². The van der Waals surface area contributed by atoms with Crippen LogP contribution in [0.1, 0.15) is 58.1 Å². The summed E-state index contributed by atoms with van der Waals surface area (Å²) in [6.45, 7) is 8.85. The van der Waals surface area contributed by atoms with Gasteiger partial charge in [-0.05, 0) is 61.4 Å². The van der Waals surface area contributed by atoms with Gasteiger partial charge >= 0.3 is 0 Å². The molecule has 12 heteroatoms. The predicted octanol–water partition coefficient (Wildman–Crippen LogP) is 4.79. The van der Waals surface area contributed by atoms with E-state index in [1.54, 1.807) is 4.90 Å². The summed E-state index contributed by atoms with van der Waals surface area (Å²) in [5.41, 5.74) is 2.88. The Bertz CT molecular complexity index is 1580. The standard InChI is InChI=1S/C32H39Br2N5O5/c1-17(2)12-25-29(41)37-11-7-10-26(37)32(44-34)38(25)30(42)31(43-32,18(3)4)39(33)28(40)20-13-22-21-8-6-9-23-27(21)19(15-35-23)14-24(22)36(5)16-20/h6,8-9,13,15,17-18,20,24-26,35H,7,10-12,14,16H2,1-5H3. The zero-order valence-corrected chi connectivity index (χ0v) is 28.9. The fraction of sp³-hybridized carbons (Fsp3) is 0.594. The van der Waals surface area contributed by atoms with Crippen LogP contribution in [-0.4, -0.2) is 91.2 Å². The highest BCUT2D eigenvalue weighted by atomic mass is 79.9. The highest BCUT2D eigenvalue weighted by Crippen LogP contribution is 2.54. The van der Waals surface area contributed by atoms with Crippen LogP contribution in [0.2, 0.25) is 0 Å². The Balaban J connectivity index is 1.29. The molecule has 0 spiro atoms. The molecule has 5 heterocycles. The minimum atomic E-state index is -1.74. The van der Waals surface area contributed by atoms with Gasteiger partial charge in [-0.1, -0.05) is 45.9 Å². The first-order chi connectivity index (χ1) is 21.0. The summed E-state index contributed by atoms with van der Waals surface area (Å²) in [7, 11) is 2.05. The first-order valence-corrected chi connectivity index (χ1v) is 17.0. The van der Waals surface area contributed by atoms with E-state index in [0.29, 0.717) is 25.9 Å². The normalized spacial score (nSPS) is 33.2. The minimum Gasteiger partial charge on any atom is -0.361 e. The second kappa shape index (κ2) is 10.7. The largest absolute Gasteiger partial charge is 0.361 e. The monoisotopic (exact) mass is 731 g/mol. The number of amides is 3. The lowest BCUT2D eigenvalue weighted by atomic mass is 9.79. The average molecular weight is 734 g/mol. The van der Waals surface area contributed by atoms with E-state index in [-0.39, 0.29) is 23.8 Å².